The summed E-state index contributed by atoms with van der Waals surface area (Å²) >= 11 is 0. The van der Waals surface area contributed by atoms with Gasteiger partial charge in [0, 0.05) is 0 Å². The van der Waals surface area contributed by atoms with E-state index in [-0.39, 0.29) is 6.10 Å². The second-order valence-electron chi connectivity index (χ2n) is 10.9. The predicted octanol–water partition coefficient (Wildman–Crippen LogP) is 7.64. The van der Waals surface area contributed by atoms with E-state index in [1.807, 2.05) is 0 Å². The molecule has 0 heterocycles. The van der Waals surface area contributed by atoms with Crippen molar-refractivity contribution in [3.05, 3.63) is 47.6 Å². The van der Waals surface area contributed by atoms with E-state index in [1.165, 1.54) is 43.3 Å². The highest BCUT2D eigenvalue weighted by Crippen LogP contribution is 2.59. The molecular formula is C28H44O. The fraction of sp³-hybridized carbons (Fsp3) is 0.714. The maximum Gasteiger partial charge on any atom is 0.0583 e. The molecule has 162 valence electrons. The molecule has 0 aliphatic heterocycles. The molecule has 3 aliphatic rings. The summed E-state index contributed by atoms with van der Waals surface area (Å²) in [5.74, 6) is 3.58. The van der Waals surface area contributed by atoms with E-state index >= 15 is 0 Å². The van der Waals surface area contributed by atoms with Crippen LogP contribution < -0.4 is 0 Å². The van der Waals surface area contributed by atoms with Gasteiger partial charge in [-0.1, -0.05) is 76.6 Å². The number of aliphatic hydroxyl groups excluding tert-OH is 1. The highest BCUT2D eigenvalue weighted by Gasteiger charge is 2.50. The van der Waals surface area contributed by atoms with Gasteiger partial charge in [-0.2, -0.15) is 0 Å². The van der Waals surface area contributed by atoms with E-state index in [2.05, 4.69) is 65.5 Å². The molecule has 3 rings (SSSR count). The van der Waals surface area contributed by atoms with Crippen molar-refractivity contribution >= 4 is 0 Å². The van der Waals surface area contributed by atoms with Crippen molar-refractivity contribution in [1.29, 1.82) is 0 Å². The molecule has 1 heteroatoms. The quantitative estimate of drug-likeness (QED) is 0.473. The molecule has 0 aromatic carbocycles. The van der Waals surface area contributed by atoms with E-state index in [0.29, 0.717) is 17.3 Å². The van der Waals surface area contributed by atoms with E-state index in [9.17, 15) is 5.11 Å². The number of allylic oxidation sites excluding steroid dienone is 6. The van der Waals surface area contributed by atoms with Crippen LogP contribution in [0.15, 0.2) is 47.6 Å². The second kappa shape index (κ2) is 9.38. The summed E-state index contributed by atoms with van der Waals surface area (Å²) in [4.78, 5) is 0. The van der Waals surface area contributed by atoms with Gasteiger partial charge in [0.25, 0.3) is 0 Å². The van der Waals surface area contributed by atoms with Crippen LogP contribution in [-0.2, 0) is 0 Å². The molecule has 3 fully saturated rings. The smallest absolute Gasteiger partial charge is 0.0583 e. The molecule has 3 saturated carbocycles. The molecular weight excluding hydrogens is 352 g/mol. The minimum Gasteiger partial charge on any atom is -0.393 e. The van der Waals surface area contributed by atoms with Crippen LogP contribution in [0, 0.1) is 35.0 Å². The van der Waals surface area contributed by atoms with Gasteiger partial charge in [-0.05, 0) is 91.9 Å². The van der Waals surface area contributed by atoms with E-state index in [0.717, 1.165) is 37.0 Å². The van der Waals surface area contributed by atoms with Crippen LogP contribution in [0.25, 0.3) is 0 Å². The third-order valence-corrected chi connectivity index (χ3v) is 8.63. The first-order valence-electron chi connectivity index (χ1n) is 12.2. The van der Waals surface area contributed by atoms with E-state index in [1.54, 1.807) is 5.57 Å². The van der Waals surface area contributed by atoms with Gasteiger partial charge in [0.2, 0.25) is 0 Å². The first-order chi connectivity index (χ1) is 13.7. The lowest BCUT2D eigenvalue weighted by Crippen LogP contribution is -2.35. The lowest BCUT2D eigenvalue weighted by molar-refractivity contribution is 0.112. The van der Waals surface area contributed by atoms with Crippen molar-refractivity contribution in [3.63, 3.8) is 0 Å². The molecule has 0 bridgehead atoms. The molecule has 1 nitrogen and oxygen atoms in total. The van der Waals surface area contributed by atoms with Gasteiger partial charge < -0.3 is 5.11 Å². The minimum absolute atomic E-state index is 0.182. The number of fused-ring (bicyclic) bond motifs is 1. The highest BCUT2D eigenvalue weighted by molar-refractivity contribution is 5.36. The minimum atomic E-state index is -0.182. The fourth-order valence-corrected chi connectivity index (χ4v) is 6.25. The summed E-state index contributed by atoms with van der Waals surface area (Å²) in [7, 11) is 0. The molecule has 6 atom stereocenters. The first kappa shape index (κ1) is 22.6. The third kappa shape index (κ3) is 4.98. The normalized spacial score (nSPS) is 38.2. The van der Waals surface area contributed by atoms with Gasteiger partial charge in [-0.25, -0.2) is 0 Å². The van der Waals surface area contributed by atoms with Crippen LogP contribution in [0.5, 0.6) is 0 Å². The van der Waals surface area contributed by atoms with Crippen molar-refractivity contribution in [1.82, 2.24) is 0 Å². The molecule has 0 radical (unpaired) electrons. The Morgan fingerprint density at radius 1 is 1.03 bits per heavy atom. The van der Waals surface area contributed by atoms with E-state index < -0.39 is 0 Å². The monoisotopic (exact) mass is 396 g/mol. The summed E-state index contributed by atoms with van der Waals surface area (Å²) < 4.78 is 0. The summed E-state index contributed by atoms with van der Waals surface area (Å²) in [5.41, 5.74) is 4.61. The number of aliphatic hydroxyl groups is 1. The predicted molar refractivity (Wildman–Crippen MR) is 126 cm³/mol. The Morgan fingerprint density at radius 2 is 1.79 bits per heavy atom. The largest absolute Gasteiger partial charge is 0.393 e. The maximum absolute atomic E-state index is 10.0. The van der Waals surface area contributed by atoms with Crippen LogP contribution in [0.4, 0.5) is 0 Å². The average molecular weight is 397 g/mol. The summed E-state index contributed by atoms with van der Waals surface area (Å²) in [6, 6.07) is 0. The van der Waals surface area contributed by atoms with Crippen LogP contribution in [0.2, 0.25) is 0 Å². The van der Waals surface area contributed by atoms with Crippen LogP contribution in [-0.4, -0.2) is 11.2 Å². The topological polar surface area (TPSA) is 20.2 Å². The van der Waals surface area contributed by atoms with Crippen LogP contribution >= 0.6 is 0 Å². The SMILES string of the molecule is C=C1CC[C@H](O)C/C1=C\C=C1/CCC[C@]2(C)[C@@H]([C@H](C)/C=C/[C@H](C)C(C)C)CC[C@@H]12. The Kier molecular flexibility index (Phi) is 7.31. The van der Waals surface area contributed by atoms with E-state index in [4.69, 9.17) is 0 Å². The van der Waals surface area contributed by atoms with Gasteiger partial charge in [-0.15, -0.1) is 0 Å². The van der Waals surface area contributed by atoms with Crippen molar-refractivity contribution in [2.24, 2.45) is 35.0 Å². The molecule has 1 N–H and O–H groups in total. The summed E-state index contributed by atoms with van der Waals surface area (Å²) in [6.07, 6.45) is 18.8. The van der Waals surface area contributed by atoms with Gasteiger partial charge in [-0.3, -0.25) is 0 Å². The summed E-state index contributed by atoms with van der Waals surface area (Å²) in [5, 5.41) is 10.0. The molecule has 3 aliphatic carbocycles. The molecule has 0 aromatic heterocycles. The Hall–Kier alpha value is -1.08. The van der Waals surface area contributed by atoms with Gasteiger partial charge >= 0.3 is 0 Å². The Balaban J connectivity index is 1.75. The van der Waals surface area contributed by atoms with Crippen molar-refractivity contribution < 1.29 is 5.11 Å². The van der Waals surface area contributed by atoms with Crippen molar-refractivity contribution in [3.8, 4) is 0 Å². The molecule has 0 spiro atoms. The molecule has 0 amide bonds. The zero-order chi connectivity index (χ0) is 21.2. The Bertz CT molecular complexity index is 678. The molecule has 0 aromatic rings. The highest BCUT2D eigenvalue weighted by atomic mass is 16.3. The van der Waals surface area contributed by atoms with Crippen molar-refractivity contribution in [2.45, 2.75) is 92.1 Å². The van der Waals surface area contributed by atoms with Crippen LogP contribution in [0.1, 0.15) is 86.0 Å². The number of rotatable bonds is 5. The maximum atomic E-state index is 10.0. The molecule has 0 unspecified atom stereocenters. The van der Waals surface area contributed by atoms with Gasteiger partial charge in [0.1, 0.15) is 0 Å². The fourth-order valence-electron chi connectivity index (χ4n) is 6.25. The molecule has 0 saturated heterocycles. The summed E-state index contributed by atoms with van der Waals surface area (Å²) in [6.45, 7) is 16.3. The van der Waals surface area contributed by atoms with Crippen LogP contribution in [0.3, 0.4) is 0 Å². The standard InChI is InChI=1S/C28H44O/c1-19(2)20(3)9-10-22(5)26-15-16-27-23(8-7-17-28(26,27)6)12-13-24-18-25(29)14-11-21(24)4/h9-10,12-13,19-20,22,25-27,29H,4,7-8,11,14-18H2,1-3,5-6H3/b10-9+,23-12+,24-13+/t20-,22+,25-,26+,27-,28+/m0/s1. The number of hydrogen-bond donors (Lipinski definition) is 1. The van der Waals surface area contributed by atoms with Gasteiger partial charge in [0.15, 0.2) is 0 Å². The number of hydrogen-bond acceptors (Lipinski definition) is 1. The molecule has 29 heavy (non-hydrogen) atoms. The zero-order valence-corrected chi connectivity index (χ0v) is 19.6. The first-order valence-corrected chi connectivity index (χ1v) is 12.2. The Labute approximate surface area is 180 Å². The third-order valence-electron chi connectivity index (χ3n) is 8.63. The zero-order valence-electron chi connectivity index (χ0n) is 19.6. The second-order valence-corrected chi connectivity index (χ2v) is 10.9. The lowest BCUT2D eigenvalue weighted by atomic mass is 9.61. The van der Waals surface area contributed by atoms with Crippen molar-refractivity contribution in [2.75, 3.05) is 0 Å². The Morgan fingerprint density at radius 3 is 2.52 bits per heavy atom. The average Bonchev–Trinajstić information content (AvgIpc) is 3.04. The van der Waals surface area contributed by atoms with Gasteiger partial charge in [0.05, 0.1) is 6.10 Å². The lowest BCUT2D eigenvalue weighted by Gasteiger charge is -2.44.